The maximum Gasteiger partial charge on any atom is 0.263 e. The number of benzene rings is 1. The molecule has 0 spiro atoms. The van der Waals surface area contributed by atoms with Gasteiger partial charge in [-0.1, -0.05) is 18.2 Å². The van der Waals surface area contributed by atoms with Gasteiger partial charge in [0.25, 0.3) is 5.56 Å². The summed E-state index contributed by atoms with van der Waals surface area (Å²) in [6.45, 7) is 3.64. The standard InChI is InChI=1S/C20H23N5O3/c26-19-16-12-21-25(15-4-2-1-3-5-15)18(16)22-20(23-19)24-8-11-28-17(13-24)14-6-9-27-10-7-14/h1-5,12,14,17H,6-11,13H2,(H,22,23,26). The first-order valence-corrected chi connectivity index (χ1v) is 9.77. The molecule has 8 heteroatoms. The highest BCUT2D eigenvalue weighted by molar-refractivity contribution is 5.76. The van der Waals surface area contributed by atoms with Crippen LogP contribution in [0.1, 0.15) is 12.8 Å². The number of fused-ring (bicyclic) bond motifs is 1. The van der Waals surface area contributed by atoms with Gasteiger partial charge in [0.1, 0.15) is 5.39 Å². The summed E-state index contributed by atoms with van der Waals surface area (Å²) in [5, 5.41) is 4.87. The van der Waals surface area contributed by atoms with E-state index in [0.29, 0.717) is 36.1 Å². The molecule has 0 aliphatic carbocycles. The van der Waals surface area contributed by atoms with Crippen LogP contribution in [0.3, 0.4) is 0 Å². The van der Waals surface area contributed by atoms with Crippen molar-refractivity contribution in [1.29, 1.82) is 0 Å². The minimum absolute atomic E-state index is 0.137. The Balaban J connectivity index is 1.48. The molecule has 0 radical (unpaired) electrons. The molecule has 2 aliphatic rings. The van der Waals surface area contributed by atoms with Crippen molar-refractivity contribution in [2.45, 2.75) is 18.9 Å². The van der Waals surface area contributed by atoms with Gasteiger partial charge in [0.15, 0.2) is 5.65 Å². The Bertz CT molecular complexity index is 1010. The van der Waals surface area contributed by atoms with E-state index in [4.69, 9.17) is 14.5 Å². The Labute approximate surface area is 162 Å². The third-order valence-electron chi connectivity index (χ3n) is 5.61. The predicted octanol–water partition coefficient (Wildman–Crippen LogP) is 1.74. The SMILES string of the molecule is O=c1[nH]c(N2CCOC(C3CCOCC3)C2)nc2c1cnn2-c1ccccc1. The van der Waals surface area contributed by atoms with E-state index in [9.17, 15) is 4.79 Å². The lowest BCUT2D eigenvalue weighted by atomic mass is 9.93. The molecular weight excluding hydrogens is 358 g/mol. The molecular formula is C20H23N5O3. The zero-order valence-corrected chi connectivity index (χ0v) is 15.6. The number of anilines is 1. The number of aromatic amines is 1. The summed E-state index contributed by atoms with van der Waals surface area (Å²) >= 11 is 0. The summed E-state index contributed by atoms with van der Waals surface area (Å²) in [7, 11) is 0. The Kier molecular flexibility index (Phi) is 4.58. The second-order valence-electron chi connectivity index (χ2n) is 7.32. The van der Waals surface area contributed by atoms with E-state index in [1.165, 1.54) is 0 Å². The van der Waals surface area contributed by atoms with Gasteiger partial charge < -0.3 is 14.4 Å². The van der Waals surface area contributed by atoms with Crippen LogP contribution in [0.5, 0.6) is 0 Å². The fourth-order valence-corrected chi connectivity index (χ4v) is 4.06. The second-order valence-corrected chi connectivity index (χ2v) is 7.32. The van der Waals surface area contributed by atoms with Crippen molar-refractivity contribution in [3.63, 3.8) is 0 Å². The number of para-hydroxylation sites is 1. The number of nitrogens with one attached hydrogen (secondary N) is 1. The molecule has 0 saturated carbocycles. The Morgan fingerprint density at radius 2 is 1.93 bits per heavy atom. The molecule has 3 aromatic rings. The van der Waals surface area contributed by atoms with Gasteiger partial charge in [0.2, 0.25) is 5.95 Å². The molecule has 1 atom stereocenters. The zero-order chi connectivity index (χ0) is 18.9. The number of ether oxygens (including phenoxy) is 2. The van der Waals surface area contributed by atoms with Crippen LogP contribution in [-0.2, 0) is 9.47 Å². The van der Waals surface area contributed by atoms with E-state index >= 15 is 0 Å². The van der Waals surface area contributed by atoms with Crippen molar-refractivity contribution in [3.05, 3.63) is 46.9 Å². The van der Waals surface area contributed by atoms with Crippen molar-refractivity contribution in [2.24, 2.45) is 5.92 Å². The smallest absolute Gasteiger partial charge is 0.263 e. The van der Waals surface area contributed by atoms with Gasteiger partial charge in [-0.3, -0.25) is 9.78 Å². The number of H-pyrrole nitrogens is 1. The van der Waals surface area contributed by atoms with Crippen molar-refractivity contribution < 1.29 is 9.47 Å². The van der Waals surface area contributed by atoms with Crippen LogP contribution in [-0.4, -0.2) is 58.8 Å². The normalized spacial score (nSPS) is 21.3. The average Bonchev–Trinajstić information content (AvgIpc) is 3.20. The van der Waals surface area contributed by atoms with Crippen molar-refractivity contribution in [1.82, 2.24) is 19.7 Å². The molecule has 2 saturated heterocycles. The van der Waals surface area contributed by atoms with Crippen LogP contribution in [0.2, 0.25) is 0 Å². The highest BCUT2D eigenvalue weighted by atomic mass is 16.5. The summed E-state index contributed by atoms with van der Waals surface area (Å²) in [5.74, 6) is 1.07. The monoisotopic (exact) mass is 381 g/mol. The molecule has 2 fully saturated rings. The molecule has 2 aliphatic heterocycles. The molecule has 5 rings (SSSR count). The topological polar surface area (TPSA) is 85.3 Å². The predicted molar refractivity (Wildman–Crippen MR) is 105 cm³/mol. The van der Waals surface area contributed by atoms with Gasteiger partial charge in [0.05, 0.1) is 24.6 Å². The van der Waals surface area contributed by atoms with Crippen LogP contribution < -0.4 is 10.5 Å². The lowest BCUT2D eigenvalue weighted by Gasteiger charge is -2.38. The summed E-state index contributed by atoms with van der Waals surface area (Å²) < 4.78 is 13.2. The first-order chi connectivity index (χ1) is 13.8. The van der Waals surface area contributed by atoms with Gasteiger partial charge in [-0.25, -0.2) is 4.68 Å². The lowest BCUT2D eigenvalue weighted by Crippen LogP contribution is -2.47. The fraction of sp³-hybridized carbons (Fsp3) is 0.450. The van der Waals surface area contributed by atoms with Gasteiger partial charge in [-0.2, -0.15) is 10.1 Å². The van der Waals surface area contributed by atoms with Crippen LogP contribution in [0, 0.1) is 5.92 Å². The van der Waals surface area contributed by atoms with Gasteiger partial charge in [-0.05, 0) is 30.9 Å². The molecule has 2 aromatic heterocycles. The van der Waals surface area contributed by atoms with E-state index in [-0.39, 0.29) is 11.7 Å². The number of nitrogens with zero attached hydrogens (tertiary/aromatic N) is 4. The van der Waals surface area contributed by atoms with Crippen molar-refractivity contribution in [3.8, 4) is 5.69 Å². The van der Waals surface area contributed by atoms with E-state index in [1.807, 2.05) is 30.3 Å². The van der Waals surface area contributed by atoms with Gasteiger partial charge in [-0.15, -0.1) is 0 Å². The van der Waals surface area contributed by atoms with Crippen LogP contribution in [0.25, 0.3) is 16.7 Å². The molecule has 1 unspecified atom stereocenters. The van der Waals surface area contributed by atoms with Crippen LogP contribution in [0.15, 0.2) is 41.3 Å². The van der Waals surface area contributed by atoms with E-state index in [2.05, 4.69) is 15.0 Å². The maximum absolute atomic E-state index is 12.6. The van der Waals surface area contributed by atoms with E-state index < -0.39 is 0 Å². The minimum Gasteiger partial charge on any atom is -0.381 e. The summed E-state index contributed by atoms with van der Waals surface area (Å²) in [5.41, 5.74) is 1.28. The summed E-state index contributed by atoms with van der Waals surface area (Å²) in [6, 6.07) is 9.73. The van der Waals surface area contributed by atoms with Crippen molar-refractivity contribution in [2.75, 3.05) is 37.8 Å². The lowest BCUT2D eigenvalue weighted by molar-refractivity contribution is -0.0401. The molecule has 0 amide bonds. The Hall–Kier alpha value is -2.71. The highest BCUT2D eigenvalue weighted by Crippen LogP contribution is 2.25. The number of hydrogen-bond donors (Lipinski definition) is 1. The zero-order valence-electron chi connectivity index (χ0n) is 15.6. The number of aromatic nitrogens is 4. The second kappa shape index (κ2) is 7.37. The number of hydrogen-bond acceptors (Lipinski definition) is 6. The molecule has 4 heterocycles. The first-order valence-electron chi connectivity index (χ1n) is 9.77. The number of rotatable bonds is 3. The molecule has 8 nitrogen and oxygen atoms in total. The van der Waals surface area contributed by atoms with Gasteiger partial charge >= 0.3 is 0 Å². The van der Waals surface area contributed by atoms with Crippen molar-refractivity contribution >= 4 is 17.0 Å². The summed E-state index contributed by atoms with van der Waals surface area (Å²) in [4.78, 5) is 22.5. The van der Waals surface area contributed by atoms with E-state index in [0.717, 1.165) is 38.3 Å². The average molecular weight is 381 g/mol. The fourth-order valence-electron chi connectivity index (χ4n) is 4.06. The third-order valence-corrected chi connectivity index (χ3v) is 5.61. The number of morpholine rings is 1. The molecule has 0 bridgehead atoms. The Morgan fingerprint density at radius 3 is 2.75 bits per heavy atom. The minimum atomic E-state index is -0.170. The maximum atomic E-state index is 12.6. The molecule has 1 aromatic carbocycles. The van der Waals surface area contributed by atoms with Gasteiger partial charge in [0, 0.05) is 26.3 Å². The molecule has 1 N–H and O–H groups in total. The van der Waals surface area contributed by atoms with Crippen LogP contribution in [0.4, 0.5) is 5.95 Å². The molecule has 28 heavy (non-hydrogen) atoms. The van der Waals surface area contributed by atoms with E-state index in [1.54, 1.807) is 10.9 Å². The Morgan fingerprint density at radius 1 is 1.11 bits per heavy atom. The largest absolute Gasteiger partial charge is 0.381 e. The third kappa shape index (κ3) is 3.18. The molecule has 146 valence electrons. The highest BCUT2D eigenvalue weighted by Gasteiger charge is 2.30. The quantitative estimate of drug-likeness (QED) is 0.744. The first kappa shape index (κ1) is 17.4. The van der Waals surface area contributed by atoms with Crippen LogP contribution >= 0.6 is 0 Å². The summed E-state index contributed by atoms with van der Waals surface area (Å²) in [6.07, 6.45) is 3.74.